The number of nitrogens with one attached hydrogen (secondary N) is 2. The maximum atomic E-state index is 6.19. The van der Waals surface area contributed by atoms with E-state index in [1.54, 1.807) is 6.20 Å². The molecule has 2 atom stereocenters. The minimum Gasteiger partial charge on any atom is -0.454 e. The molecule has 6 aromatic carbocycles. The summed E-state index contributed by atoms with van der Waals surface area (Å²) in [5.74, 6) is 0.782. The molecular weight excluding hydrogens is 528 g/mol. The van der Waals surface area contributed by atoms with Crippen LogP contribution in [0.5, 0.6) is 0 Å². The van der Waals surface area contributed by atoms with Gasteiger partial charge in [-0.3, -0.25) is 10.3 Å². The average molecular weight is 555 g/mol. The summed E-state index contributed by atoms with van der Waals surface area (Å²) in [6.07, 6.45) is 3.20. The maximum Gasteiger partial charge on any atom is 0.154 e. The first kappa shape index (κ1) is 24.1. The fraction of sp³-hybridized carbons (Fsp3) is 0.0526. The van der Waals surface area contributed by atoms with Crippen LogP contribution in [0.4, 0.5) is 0 Å². The first-order valence-electron chi connectivity index (χ1n) is 14.6. The average Bonchev–Trinajstić information content (AvgIpc) is 3.47. The molecule has 0 aliphatic carbocycles. The van der Waals surface area contributed by atoms with Crippen molar-refractivity contribution in [3.05, 3.63) is 150 Å². The Morgan fingerprint density at radius 1 is 0.558 bits per heavy atom. The second-order valence-corrected chi connectivity index (χ2v) is 11.1. The molecule has 8 aromatic rings. The number of para-hydroxylation sites is 1. The van der Waals surface area contributed by atoms with Crippen LogP contribution in [0.2, 0.25) is 0 Å². The molecule has 204 valence electrons. The van der Waals surface area contributed by atoms with E-state index in [1.165, 1.54) is 37.9 Å². The van der Waals surface area contributed by atoms with Crippen molar-refractivity contribution in [3.8, 4) is 0 Å². The van der Waals surface area contributed by atoms with Crippen LogP contribution in [0.25, 0.3) is 54.3 Å². The number of aliphatic imine (C=N–C) groups is 1. The summed E-state index contributed by atoms with van der Waals surface area (Å²) in [5.41, 5.74) is 4.78. The molecule has 2 N–H and O–H groups in total. The lowest BCUT2D eigenvalue weighted by molar-refractivity contribution is 0.411. The van der Waals surface area contributed by atoms with Gasteiger partial charge in [-0.2, -0.15) is 0 Å². The highest BCUT2D eigenvalue weighted by Crippen LogP contribution is 2.37. The molecule has 0 saturated carbocycles. The largest absolute Gasteiger partial charge is 0.454 e. The van der Waals surface area contributed by atoms with Crippen molar-refractivity contribution in [3.63, 3.8) is 0 Å². The van der Waals surface area contributed by atoms with Crippen molar-refractivity contribution in [2.75, 3.05) is 0 Å². The minimum absolute atomic E-state index is 0.216. The molecule has 0 saturated heterocycles. The number of furan rings is 1. The lowest BCUT2D eigenvalue weighted by Crippen LogP contribution is -2.45. The molecule has 0 amide bonds. The van der Waals surface area contributed by atoms with Crippen molar-refractivity contribution in [2.24, 2.45) is 4.99 Å². The molecule has 0 fully saturated rings. The summed E-state index contributed by atoms with van der Waals surface area (Å²) < 4.78 is 6.19. The fourth-order valence-electron chi connectivity index (χ4n) is 6.66. The van der Waals surface area contributed by atoms with Crippen molar-refractivity contribution in [1.29, 1.82) is 0 Å². The number of pyridine rings is 1. The molecule has 0 radical (unpaired) electrons. The van der Waals surface area contributed by atoms with Gasteiger partial charge in [0.1, 0.15) is 23.8 Å². The highest BCUT2D eigenvalue weighted by Gasteiger charge is 2.28. The van der Waals surface area contributed by atoms with Crippen molar-refractivity contribution in [2.45, 2.75) is 12.3 Å². The van der Waals surface area contributed by atoms with Gasteiger partial charge in [0.15, 0.2) is 5.58 Å². The Bertz CT molecular complexity index is 2370. The van der Waals surface area contributed by atoms with Gasteiger partial charge in [0.05, 0.1) is 6.20 Å². The van der Waals surface area contributed by atoms with Gasteiger partial charge in [0, 0.05) is 22.5 Å². The van der Waals surface area contributed by atoms with E-state index in [4.69, 9.17) is 9.41 Å². The normalized spacial score (nSPS) is 17.1. The standard InChI is InChI=1S/C38H26N4O/c1-2-10-25(11-3-1)36-40-37(42-38(41-36)31-21-39-22-33-35(31)29-14-6-7-16-32(29)43-33)30-15-8-12-24-18-19-27-26-13-5-4-9-23(26)17-20-28(27)34(24)30/h1-22,36-37,40H,(H,41,42). The van der Waals surface area contributed by atoms with Gasteiger partial charge in [0.25, 0.3) is 0 Å². The molecule has 3 heterocycles. The van der Waals surface area contributed by atoms with Crippen LogP contribution in [0, 0.1) is 0 Å². The summed E-state index contributed by atoms with van der Waals surface area (Å²) >= 11 is 0. The highest BCUT2D eigenvalue weighted by molar-refractivity contribution is 6.19. The van der Waals surface area contributed by atoms with Crippen LogP contribution in [0.1, 0.15) is 29.0 Å². The van der Waals surface area contributed by atoms with Crippen LogP contribution in [-0.2, 0) is 0 Å². The second-order valence-electron chi connectivity index (χ2n) is 11.1. The van der Waals surface area contributed by atoms with E-state index in [2.05, 4.69) is 113 Å². The zero-order valence-corrected chi connectivity index (χ0v) is 23.2. The summed E-state index contributed by atoms with van der Waals surface area (Å²) in [6.45, 7) is 0. The van der Waals surface area contributed by atoms with Crippen molar-refractivity contribution < 1.29 is 4.42 Å². The Hall–Kier alpha value is -5.52. The number of nitrogens with zero attached hydrogens (tertiary/aromatic N) is 2. The summed E-state index contributed by atoms with van der Waals surface area (Å²) in [5, 5.41) is 17.1. The second kappa shape index (κ2) is 9.51. The third kappa shape index (κ3) is 3.83. The van der Waals surface area contributed by atoms with Crippen LogP contribution < -0.4 is 10.6 Å². The Morgan fingerprint density at radius 3 is 2.26 bits per heavy atom. The first-order valence-corrected chi connectivity index (χ1v) is 14.6. The molecule has 1 aliphatic rings. The lowest BCUT2D eigenvalue weighted by Gasteiger charge is -2.33. The Kier molecular flexibility index (Phi) is 5.33. The predicted molar refractivity (Wildman–Crippen MR) is 175 cm³/mol. The fourth-order valence-corrected chi connectivity index (χ4v) is 6.66. The van der Waals surface area contributed by atoms with Crippen LogP contribution in [-0.4, -0.2) is 10.8 Å². The number of hydrogen-bond acceptors (Lipinski definition) is 5. The SMILES string of the molecule is c1ccc(C2N=C(c3cncc4oc5ccccc5c34)NC(c3cccc4ccc5c6ccccc6ccc5c34)N2)cc1. The Labute approximate surface area is 247 Å². The Balaban J connectivity index is 1.27. The quantitative estimate of drug-likeness (QED) is 0.214. The van der Waals surface area contributed by atoms with Gasteiger partial charge in [-0.25, -0.2) is 4.99 Å². The van der Waals surface area contributed by atoms with E-state index in [0.717, 1.165) is 38.9 Å². The van der Waals surface area contributed by atoms with E-state index >= 15 is 0 Å². The van der Waals surface area contributed by atoms with E-state index in [-0.39, 0.29) is 12.3 Å². The van der Waals surface area contributed by atoms with Gasteiger partial charge in [-0.05, 0) is 49.5 Å². The molecular formula is C38H26N4O. The topological polar surface area (TPSA) is 62.5 Å². The van der Waals surface area contributed by atoms with Crippen molar-refractivity contribution >= 4 is 60.1 Å². The van der Waals surface area contributed by atoms with Gasteiger partial charge in [-0.15, -0.1) is 0 Å². The summed E-state index contributed by atoms with van der Waals surface area (Å²) in [4.78, 5) is 9.79. The van der Waals surface area contributed by atoms with E-state index in [9.17, 15) is 0 Å². The zero-order valence-electron chi connectivity index (χ0n) is 23.2. The Morgan fingerprint density at radius 2 is 1.33 bits per heavy atom. The maximum absolute atomic E-state index is 6.19. The molecule has 2 unspecified atom stereocenters. The van der Waals surface area contributed by atoms with Gasteiger partial charge < -0.3 is 9.73 Å². The lowest BCUT2D eigenvalue weighted by atomic mass is 9.93. The zero-order chi connectivity index (χ0) is 28.3. The predicted octanol–water partition coefficient (Wildman–Crippen LogP) is 8.78. The summed E-state index contributed by atoms with van der Waals surface area (Å²) in [7, 11) is 0. The molecule has 0 bridgehead atoms. The first-order chi connectivity index (χ1) is 21.3. The smallest absolute Gasteiger partial charge is 0.154 e. The molecule has 5 nitrogen and oxygen atoms in total. The van der Waals surface area contributed by atoms with Gasteiger partial charge >= 0.3 is 0 Å². The van der Waals surface area contributed by atoms with Crippen molar-refractivity contribution in [1.82, 2.24) is 15.6 Å². The number of rotatable bonds is 3. The number of aromatic nitrogens is 1. The number of hydrogen-bond donors (Lipinski definition) is 2. The van der Waals surface area contributed by atoms with Gasteiger partial charge in [0.2, 0.25) is 0 Å². The molecule has 1 aliphatic heterocycles. The monoisotopic (exact) mass is 554 g/mol. The van der Waals surface area contributed by atoms with Gasteiger partial charge in [-0.1, -0.05) is 115 Å². The molecule has 9 rings (SSSR count). The number of benzene rings is 6. The van der Waals surface area contributed by atoms with E-state index in [1.807, 2.05) is 30.5 Å². The molecule has 43 heavy (non-hydrogen) atoms. The van der Waals surface area contributed by atoms with Crippen LogP contribution in [0.3, 0.4) is 0 Å². The number of amidine groups is 1. The minimum atomic E-state index is -0.262. The van der Waals surface area contributed by atoms with E-state index in [0.29, 0.717) is 0 Å². The molecule has 2 aromatic heterocycles. The number of fused-ring (bicyclic) bond motifs is 8. The van der Waals surface area contributed by atoms with Crippen LogP contribution in [0.15, 0.2) is 143 Å². The highest BCUT2D eigenvalue weighted by atomic mass is 16.3. The van der Waals surface area contributed by atoms with Crippen LogP contribution >= 0.6 is 0 Å². The third-order valence-corrected chi connectivity index (χ3v) is 8.63. The molecule has 5 heteroatoms. The molecule has 0 spiro atoms. The van der Waals surface area contributed by atoms with E-state index < -0.39 is 0 Å². The third-order valence-electron chi connectivity index (χ3n) is 8.63. The summed E-state index contributed by atoms with van der Waals surface area (Å²) in [6, 6.07) is 42.7.